The monoisotopic (exact) mass is 320 g/mol. The van der Waals surface area contributed by atoms with Crippen molar-refractivity contribution in [1.82, 2.24) is 23.7 Å². The zero-order chi connectivity index (χ0) is 14.7. The van der Waals surface area contributed by atoms with Crippen LogP contribution in [0.3, 0.4) is 0 Å². The van der Waals surface area contributed by atoms with Crippen molar-refractivity contribution in [2.24, 2.45) is 0 Å². The highest BCUT2D eigenvalue weighted by Gasteiger charge is 2.12. The fourth-order valence-electron chi connectivity index (χ4n) is 1.82. The summed E-state index contributed by atoms with van der Waals surface area (Å²) >= 11 is 2.92. The molecule has 8 heteroatoms. The Morgan fingerprint density at radius 3 is 3.00 bits per heavy atom. The molecule has 3 aromatic rings. The number of rotatable bonds is 6. The Hall–Kier alpha value is -1.67. The molecule has 0 aromatic carbocycles. The van der Waals surface area contributed by atoms with Crippen LogP contribution in [0, 0.1) is 0 Å². The number of hydrogen-bond donors (Lipinski definition) is 1. The summed E-state index contributed by atoms with van der Waals surface area (Å²) in [5.41, 5.74) is 0.843. The summed E-state index contributed by atoms with van der Waals surface area (Å²) < 4.78 is 7.19. The van der Waals surface area contributed by atoms with Crippen LogP contribution in [0.25, 0.3) is 5.65 Å². The molecule has 0 unspecified atom stereocenters. The molecule has 21 heavy (non-hydrogen) atoms. The van der Waals surface area contributed by atoms with E-state index in [0.29, 0.717) is 0 Å². The van der Waals surface area contributed by atoms with E-state index in [-0.39, 0.29) is 0 Å². The minimum Gasteiger partial charge on any atom is -0.369 e. The third-order valence-corrected chi connectivity index (χ3v) is 4.61. The molecule has 1 N–H and O–H groups in total. The Kier molecular flexibility index (Phi) is 4.35. The largest absolute Gasteiger partial charge is 0.369 e. The molecule has 0 atom stereocenters. The second kappa shape index (κ2) is 6.40. The predicted molar refractivity (Wildman–Crippen MR) is 85.2 cm³/mol. The Morgan fingerprint density at radius 2 is 2.24 bits per heavy atom. The lowest BCUT2D eigenvalue weighted by Crippen LogP contribution is -2.04. The van der Waals surface area contributed by atoms with E-state index in [4.69, 9.17) is 0 Å². The van der Waals surface area contributed by atoms with Gasteiger partial charge < -0.3 is 9.72 Å². The quantitative estimate of drug-likeness (QED) is 0.752. The molecule has 3 aromatic heterocycles. The maximum atomic E-state index is 4.65. The van der Waals surface area contributed by atoms with Crippen LogP contribution in [0.4, 0.5) is 5.82 Å². The van der Waals surface area contributed by atoms with E-state index < -0.39 is 0 Å². The lowest BCUT2D eigenvalue weighted by Gasteiger charge is -2.07. The van der Waals surface area contributed by atoms with Gasteiger partial charge in [-0.3, -0.25) is 0 Å². The molecule has 0 aliphatic heterocycles. The van der Waals surface area contributed by atoms with Gasteiger partial charge in [-0.1, -0.05) is 13.8 Å². The number of aromatic nitrogens is 5. The van der Waals surface area contributed by atoms with Crippen molar-refractivity contribution in [3.8, 4) is 0 Å². The average Bonchev–Trinajstić information content (AvgIpc) is 3.13. The first-order valence-electron chi connectivity index (χ1n) is 6.88. The van der Waals surface area contributed by atoms with Gasteiger partial charge in [-0.05, 0) is 29.7 Å². The van der Waals surface area contributed by atoms with E-state index in [1.807, 2.05) is 16.8 Å². The van der Waals surface area contributed by atoms with Crippen LogP contribution in [-0.2, 0) is 6.42 Å². The molecule has 0 aliphatic rings. The molecule has 0 radical (unpaired) electrons. The van der Waals surface area contributed by atoms with Crippen molar-refractivity contribution < 1.29 is 0 Å². The van der Waals surface area contributed by atoms with Crippen molar-refractivity contribution in [2.45, 2.75) is 36.1 Å². The van der Waals surface area contributed by atoms with Crippen molar-refractivity contribution in [3.05, 3.63) is 24.4 Å². The summed E-state index contributed by atoms with van der Waals surface area (Å²) in [6.45, 7) is 5.08. The van der Waals surface area contributed by atoms with Gasteiger partial charge in [0.1, 0.15) is 16.7 Å². The molecule has 0 amide bonds. The highest BCUT2D eigenvalue weighted by Crippen LogP contribution is 2.31. The maximum absolute atomic E-state index is 4.65. The number of hydrogen-bond acceptors (Lipinski definition) is 7. The standard InChI is InChI=1S/C13H16N6S2/c1-3-5-14-10-8-19-7-6-15-11(19)12(16-10)20-13-17-9(4-2)18-21-13/h6-8,14H,3-5H2,1-2H3. The van der Waals surface area contributed by atoms with Crippen molar-refractivity contribution in [2.75, 3.05) is 11.9 Å². The van der Waals surface area contributed by atoms with Gasteiger partial charge in [-0.25, -0.2) is 15.0 Å². The van der Waals surface area contributed by atoms with Gasteiger partial charge in [0, 0.05) is 25.4 Å². The SMILES string of the molecule is CCCNc1cn2ccnc2c(Sc2nc(CC)ns2)n1. The van der Waals surface area contributed by atoms with Crippen LogP contribution in [0.5, 0.6) is 0 Å². The fraction of sp³-hybridized carbons (Fsp3) is 0.385. The molecular weight excluding hydrogens is 304 g/mol. The summed E-state index contributed by atoms with van der Waals surface area (Å²) in [5.74, 6) is 1.73. The van der Waals surface area contributed by atoms with Crippen LogP contribution in [-0.4, -0.2) is 30.3 Å². The number of anilines is 1. The first-order chi connectivity index (χ1) is 10.3. The lowest BCUT2D eigenvalue weighted by atomic mass is 10.5. The minimum atomic E-state index is 0.843. The van der Waals surface area contributed by atoms with E-state index in [1.165, 1.54) is 23.3 Å². The van der Waals surface area contributed by atoms with Crippen LogP contribution in [0.2, 0.25) is 0 Å². The molecule has 110 valence electrons. The molecule has 3 heterocycles. The first kappa shape index (κ1) is 14.3. The zero-order valence-electron chi connectivity index (χ0n) is 11.9. The normalized spacial score (nSPS) is 11.1. The fourth-order valence-corrected chi connectivity index (χ4v) is 3.52. The molecule has 3 rings (SSSR count). The third kappa shape index (κ3) is 3.16. The summed E-state index contributed by atoms with van der Waals surface area (Å²) in [7, 11) is 0. The highest BCUT2D eigenvalue weighted by atomic mass is 32.2. The number of imidazole rings is 1. The minimum absolute atomic E-state index is 0.843. The molecule has 6 nitrogen and oxygen atoms in total. The Balaban J connectivity index is 1.93. The molecule has 0 aliphatic carbocycles. The van der Waals surface area contributed by atoms with Gasteiger partial charge in [0.25, 0.3) is 0 Å². The van der Waals surface area contributed by atoms with E-state index in [1.54, 1.807) is 6.20 Å². The van der Waals surface area contributed by atoms with Crippen molar-refractivity contribution in [3.63, 3.8) is 0 Å². The topological polar surface area (TPSA) is 68.0 Å². The van der Waals surface area contributed by atoms with Crippen molar-refractivity contribution >= 4 is 34.8 Å². The molecule has 0 bridgehead atoms. The number of nitrogens with zero attached hydrogens (tertiary/aromatic N) is 5. The van der Waals surface area contributed by atoms with E-state index in [0.717, 1.165) is 46.0 Å². The zero-order valence-corrected chi connectivity index (χ0v) is 13.5. The molecule has 0 fully saturated rings. The van der Waals surface area contributed by atoms with Gasteiger partial charge in [0.2, 0.25) is 0 Å². The summed E-state index contributed by atoms with van der Waals surface area (Å²) in [6, 6.07) is 0. The maximum Gasteiger partial charge on any atom is 0.176 e. The first-order valence-corrected chi connectivity index (χ1v) is 8.47. The average molecular weight is 320 g/mol. The van der Waals surface area contributed by atoms with Gasteiger partial charge in [0.05, 0.1) is 6.20 Å². The van der Waals surface area contributed by atoms with Gasteiger partial charge in [-0.2, -0.15) is 4.37 Å². The van der Waals surface area contributed by atoms with Crippen molar-refractivity contribution in [1.29, 1.82) is 0 Å². The Bertz CT molecular complexity index is 735. The van der Waals surface area contributed by atoms with Gasteiger partial charge >= 0.3 is 0 Å². The molecular formula is C13H16N6S2. The van der Waals surface area contributed by atoms with E-state index >= 15 is 0 Å². The van der Waals surface area contributed by atoms with E-state index in [9.17, 15) is 0 Å². The smallest absolute Gasteiger partial charge is 0.176 e. The van der Waals surface area contributed by atoms with Crippen LogP contribution < -0.4 is 5.32 Å². The Labute approximate surface area is 131 Å². The van der Waals surface area contributed by atoms with Gasteiger partial charge in [-0.15, -0.1) is 0 Å². The second-order valence-corrected chi connectivity index (χ2v) is 6.44. The molecule has 0 spiro atoms. The number of aryl methyl sites for hydroxylation is 1. The second-order valence-electron chi connectivity index (χ2n) is 4.45. The molecule has 0 saturated carbocycles. The van der Waals surface area contributed by atoms with Crippen LogP contribution >= 0.6 is 23.3 Å². The third-order valence-electron chi connectivity index (χ3n) is 2.85. The Morgan fingerprint density at radius 1 is 1.33 bits per heavy atom. The summed E-state index contributed by atoms with van der Waals surface area (Å²) in [5, 5.41) is 4.16. The predicted octanol–water partition coefficient (Wildman–Crippen LogP) is 3.12. The van der Waals surface area contributed by atoms with Crippen LogP contribution in [0.1, 0.15) is 26.1 Å². The molecule has 0 saturated heterocycles. The van der Waals surface area contributed by atoms with Crippen LogP contribution in [0.15, 0.2) is 28.0 Å². The number of nitrogens with one attached hydrogen (secondary N) is 1. The van der Waals surface area contributed by atoms with Gasteiger partial charge in [0.15, 0.2) is 9.99 Å². The summed E-state index contributed by atoms with van der Waals surface area (Å²) in [6.07, 6.45) is 7.57. The number of fused-ring (bicyclic) bond motifs is 1. The lowest BCUT2D eigenvalue weighted by molar-refractivity contribution is 0.943. The summed E-state index contributed by atoms with van der Waals surface area (Å²) in [4.78, 5) is 13.5. The van der Waals surface area contributed by atoms with E-state index in [2.05, 4.69) is 38.5 Å². The highest BCUT2D eigenvalue weighted by molar-refractivity contribution is 8.01.